The average Bonchev–Trinajstić information content (AvgIpc) is 3.23. The quantitative estimate of drug-likeness (QED) is 0.564. The van der Waals surface area contributed by atoms with E-state index in [4.69, 9.17) is 10.00 Å². The van der Waals surface area contributed by atoms with Crippen molar-refractivity contribution in [2.75, 3.05) is 11.1 Å². The number of carbonyl (C=O) groups is 1. The summed E-state index contributed by atoms with van der Waals surface area (Å²) in [4.78, 5) is 21.2. The van der Waals surface area contributed by atoms with E-state index < -0.39 is 0 Å². The Labute approximate surface area is 169 Å². The molecule has 27 heavy (non-hydrogen) atoms. The molecule has 3 rings (SSSR count). The SMILES string of the molecule is Cc1nc(COc2cccc(C(=O)Nc3nc(C)c(SCC#N)s3)c2)cs1. The first-order chi connectivity index (χ1) is 13.0. The Balaban J connectivity index is 1.64. The van der Waals surface area contributed by atoms with E-state index in [-0.39, 0.29) is 5.91 Å². The number of benzene rings is 1. The minimum Gasteiger partial charge on any atom is -0.487 e. The lowest BCUT2D eigenvalue weighted by atomic mass is 10.2. The van der Waals surface area contributed by atoms with Crippen LogP contribution in [-0.2, 0) is 6.61 Å². The van der Waals surface area contributed by atoms with Crippen molar-refractivity contribution in [1.29, 1.82) is 5.26 Å². The van der Waals surface area contributed by atoms with Crippen LogP contribution in [0.1, 0.15) is 26.8 Å². The number of hydrogen-bond donors (Lipinski definition) is 1. The predicted octanol–water partition coefficient (Wildman–Crippen LogP) is 4.66. The molecule has 0 fully saturated rings. The summed E-state index contributed by atoms with van der Waals surface area (Å²) >= 11 is 4.36. The highest BCUT2D eigenvalue weighted by Crippen LogP contribution is 2.32. The van der Waals surface area contributed by atoms with Crippen molar-refractivity contribution in [3.63, 3.8) is 0 Å². The molecule has 0 saturated heterocycles. The van der Waals surface area contributed by atoms with Crippen LogP contribution in [0.15, 0.2) is 33.9 Å². The fraction of sp³-hybridized carbons (Fsp3) is 0.222. The number of rotatable bonds is 7. The van der Waals surface area contributed by atoms with Gasteiger partial charge in [-0.05, 0) is 32.0 Å². The molecule has 0 aliphatic heterocycles. The molecule has 1 aromatic carbocycles. The first-order valence-electron chi connectivity index (χ1n) is 7.97. The summed E-state index contributed by atoms with van der Waals surface area (Å²) in [6, 6.07) is 9.09. The molecule has 0 aliphatic rings. The number of thioether (sulfide) groups is 1. The molecule has 0 radical (unpaired) electrons. The summed E-state index contributed by atoms with van der Waals surface area (Å²) in [6.45, 7) is 4.17. The number of aromatic nitrogens is 2. The summed E-state index contributed by atoms with van der Waals surface area (Å²) in [6.07, 6.45) is 0. The van der Waals surface area contributed by atoms with E-state index in [1.165, 1.54) is 23.1 Å². The van der Waals surface area contributed by atoms with Crippen LogP contribution in [-0.4, -0.2) is 21.6 Å². The van der Waals surface area contributed by atoms with Gasteiger partial charge in [0.05, 0.1) is 32.4 Å². The average molecular weight is 417 g/mol. The minimum atomic E-state index is -0.254. The molecule has 0 aliphatic carbocycles. The number of nitrogens with zero attached hydrogens (tertiary/aromatic N) is 3. The third-order valence-corrected chi connectivity index (χ3v) is 6.52. The standard InChI is InChI=1S/C18H16N4O2S3/c1-11-17(25-7-6-19)27-18(20-11)22-16(23)13-4-3-5-15(8-13)24-9-14-10-26-12(2)21-14/h3-5,8,10H,7,9H2,1-2H3,(H,20,22,23). The molecule has 6 nitrogen and oxygen atoms in total. The largest absolute Gasteiger partial charge is 0.487 e. The van der Waals surface area contributed by atoms with Gasteiger partial charge in [-0.25, -0.2) is 9.97 Å². The smallest absolute Gasteiger partial charge is 0.257 e. The zero-order valence-electron chi connectivity index (χ0n) is 14.7. The number of aryl methyl sites for hydroxylation is 2. The molecule has 2 aromatic heterocycles. The van der Waals surface area contributed by atoms with E-state index in [0.29, 0.717) is 28.8 Å². The molecule has 1 N–H and O–H groups in total. The summed E-state index contributed by atoms with van der Waals surface area (Å²) in [5, 5.41) is 15.0. The maximum atomic E-state index is 12.5. The highest BCUT2D eigenvalue weighted by Gasteiger charge is 2.13. The molecule has 9 heteroatoms. The van der Waals surface area contributed by atoms with Gasteiger partial charge < -0.3 is 4.74 Å². The van der Waals surface area contributed by atoms with Crippen molar-refractivity contribution in [3.8, 4) is 11.8 Å². The van der Waals surface area contributed by atoms with E-state index >= 15 is 0 Å². The van der Waals surface area contributed by atoms with Crippen molar-refractivity contribution in [2.45, 2.75) is 24.7 Å². The van der Waals surface area contributed by atoms with E-state index in [9.17, 15) is 4.79 Å². The lowest BCUT2D eigenvalue weighted by molar-refractivity contribution is 0.102. The number of anilines is 1. The van der Waals surface area contributed by atoms with Crippen LogP contribution in [0.25, 0.3) is 0 Å². The molecule has 138 valence electrons. The summed E-state index contributed by atoms with van der Waals surface area (Å²) < 4.78 is 6.66. The van der Waals surface area contributed by atoms with Gasteiger partial charge in [-0.2, -0.15) is 5.26 Å². The maximum absolute atomic E-state index is 12.5. The minimum absolute atomic E-state index is 0.254. The van der Waals surface area contributed by atoms with Gasteiger partial charge in [-0.1, -0.05) is 29.2 Å². The molecule has 0 spiro atoms. The van der Waals surface area contributed by atoms with E-state index in [0.717, 1.165) is 20.6 Å². The molecule has 2 heterocycles. The van der Waals surface area contributed by atoms with Crippen LogP contribution in [0, 0.1) is 25.2 Å². The van der Waals surface area contributed by atoms with E-state index in [1.54, 1.807) is 35.6 Å². The molecular formula is C18H16N4O2S3. The lowest BCUT2D eigenvalue weighted by Gasteiger charge is -2.07. The zero-order chi connectivity index (χ0) is 19.2. The van der Waals surface area contributed by atoms with Crippen molar-refractivity contribution in [1.82, 2.24) is 9.97 Å². The normalized spacial score (nSPS) is 10.4. The monoisotopic (exact) mass is 416 g/mol. The van der Waals surface area contributed by atoms with Gasteiger partial charge >= 0.3 is 0 Å². The summed E-state index contributed by atoms with van der Waals surface area (Å²) in [7, 11) is 0. The van der Waals surface area contributed by atoms with Crippen LogP contribution in [0.4, 0.5) is 5.13 Å². The van der Waals surface area contributed by atoms with Crippen LogP contribution in [0.3, 0.4) is 0 Å². The maximum Gasteiger partial charge on any atom is 0.257 e. The molecule has 1 amide bonds. The third kappa shape index (κ3) is 5.29. The fourth-order valence-corrected chi connectivity index (χ4v) is 4.59. The fourth-order valence-electron chi connectivity index (χ4n) is 2.20. The van der Waals surface area contributed by atoms with Crippen molar-refractivity contribution >= 4 is 45.5 Å². The second kappa shape index (κ2) is 8.99. The Morgan fingerprint density at radius 1 is 1.37 bits per heavy atom. The third-order valence-electron chi connectivity index (χ3n) is 3.39. The van der Waals surface area contributed by atoms with Crippen LogP contribution in [0.2, 0.25) is 0 Å². The Hall–Kier alpha value is -2.41. The van der Waals surface area contributed by atoms with Crippen LogP contribution < -0.4 is 10.1 Å². The van der Waals surface area contributed by atoms with Crippen molar-refractivity contribution in [3.05, 3.63) is 51.6 Å². The highest BCUT2D eigenvalue weighted by atomic mass is 32.2. The van der Waals surface area contributed by atoms with E-state index in [1.807, 2.05) is 19.2 Å². The molecule has 0 bridgehead atoms. The van der Waals surface area contributed by atoms with Crippen LogP contribution >= 0.6 is 34.4 Å². The Kier molecular flexibility index (Phi) is 6.45. The highest BCUT2D eigenvalue weighted by molar-refractivity contribution is 8.01. The second-order valence-electron chi connectivity index (χ2n) is 5.47. The Bertz CT molecular complexity index is 991. The van der Waals surface area contributed by atoms with Gasteiger partial charge in [-0.15, -0.1) is 11.3 Å². The molecule has 3 aromatic rings. The predicted molar refractivity (Wildman–Crippen MR) is 109 cm³/mol. The van der Waals surface area contributed by atoms with Gasteiger partial charge in [0, 0.05) is 10.9 Å². The van der Waals surface area contributed by atoms with Gasteiger partial charge in [0.1, 0.15) is 12.4 Å². The number of thiazole rings is 2. The number of ether oxygens (including phenoxy) is 1. The Morgan fingerprint density at radius 2 is 2.22 bits per heavy atom. The van der Waals surface area contributed by atoms with Crippen molar-refractivity contribution < 1.29 is 9.53 Å². The van der Waals surface area contributed by atoms with Gasteiger partial charge in [-0.3, -0.25) is 10.1 Å². The lowest BCUT2D eigenvalue weighted by Crippen LogP contribution is -2.11. The van der Waals surface area contributed by atoms with Crippen molar-refractivity contribution in [2.24, 2.45) is 0 Å². The van der Waals surface area contributed by atoms with Gasteiger partial charge in [0.25, 0.3) is 5.91 Å². The summed E-state index contributed by atoms with van der Waals surface area (Å²) in [5.41, 5.74) is 2.17. The number of hydrogen-bond acceptors (Lipinski definition) is 8. The number of amides is 1. The molecule has 0 saturated carbocycles. The van der Waals surface area contributed by atoms with Gasteiger partial charge in [0.2, 0.25) is 0 Å². The number of nitriles is 1. The summed E-state index contributed by atoms with van der Waals surface area (Å²) in [5.74, 6) is 0.707. The van der Waals surface area contributed by atoms with E-state index in [2.05, 4.69) is 21.4 Å². The molecule has 0 atom stereocenters. The molecule has 0 unspecified atom stereocenters. The first-order valence-corrected chi connectivity index (χ1v) is 10.7. The number of nitrogens with one attached hydrogen (secondary N) is 1. The zero-order valence-corrected chi connectivity index (χ0v) is 17.1. The molecular weight excluding hydrogens is 400 g/mol. The Morgan fingerprint density at radius 3 is 2.96 bits per heavy atom. The first kappa shape index (κ1) is 19.4. The van der Waals surface area contributed by atoms with Gasteiger partial charge in [0.15, 0.2) is 5.13 Å². The topological polar surface area (TPSA) is 87.9 Å². The second-order valence-corrected chi connectivity index (χ2v) is 8.77. The number of carbonyl (C=O) groups excluding carboxylic acids is 1. The van der Waals surface area contributed by atoms with Crippen LogP contribution in [0.5, 0.6) is 5.75 Å².